The van der Waals surface area contributed by atoms with Crippen LogP contribution in [0.1, 0.15) is 36.6 Å². The van der Waals surface area contributed by atoms with Crippen LogP contribution < -0.4 is 5.32 Å². The predicted molar refractivity (Wildman–Crippen MR) is 70.9 cm³/mol. The van der Waals surface area contributed by atoms with Gasteiger partial charge in [0, 0.05) is 18.0 Å². The van der Waals surface area contributed by atoms with Crippen LogP contribution in [0.3, 0.4) is 0 Å². The van der Waals surface area contributed by atoms with Gasteiger partial charge < -0.3 is 10.4 Å². The summed E-state index contributed by atoms with van der Waals surface area (Å²) in [5.74, 6) is 0.621. The summed E-state index contributed by atoms with van der Waals surface area (Å²) in [7, 11) is 0. The van der Waals surface area contributed by atoms with Crippen LogP contribution in [0.5, 0.6) is 0 Å². The molecule has 0 aromatic carbocycles. The van der Waals surface area contributed by atoms with Crippen molar-refractivity contribution in [1.82, 2.24) is 5.32 Å². The van der Waals surface area contributed by atoms with E-state index in [0.29, 0.717) is 12.5 Å². The highest BCUT2D eigenvalue weighted by Crippen LogP contribution is 2.15. The van der Waals surface area contributed by atoms with Gasteiger partial charge in [-0.05, 0) is 49.2 Å². The van der Waals surface area contributed by atoms with Crippen LogP contribution in [0.25, 0.3) is 0 Å². The van der Waals surface area contributed by atoms with E-state index in [2.05, 4.69) is 30.6 Å². The normalized spacial score (nSPS) is 12.9. The molecule has 0 saturated heterocycles. The Bertz CT molecular complexity index is 279. The quantitative estimate of drug-likeness (QED) is 0.733. The van der Waals surface area contributed by atoms with Gasteiger partial charge in [-0.15, -0.1) is 11.3 Å². The van der Waals surface area contributed by atoms with Gasteiger partial charge in [0.05, 0.1) is 0 Å². The molecule has 1 aromatic heterocycles. The van der Waals surface area contributed by atoms with E-state index in [0.717, 1.165) is 19.5 Å². The third-order valence-electron chi connectivity index (χ3n) is 2.92. The summed E-state index contributed by atoms with van der Waals surface area (Å²) in [4.78, 5) is 1.43. The van der Waals surface area contributed by atoms with E-state index in [4.69, 9.17) is 5.11 Å². The maximum Gasteiger partial charge on any atom is 0.0434 e. The molecule has 92 valence electrons. The van der Waals surface area contributed by atoms with E-state index < -0.39 is 0 Å². The van der Waals surface area contributed by atoms with Crippen LogP contribution in [-0.2, 0) is 6.54 Å². The SMILES string of the molecule is CCCC(CCO)CNCc1sccc1C. The van der Waals surface area contributed by atoms with Gasteiger partial charge in [-0.1, -0.05) is 13.3 Å². The Hall–Kier alpha value is -0.380. The van der Waals surface area contributed by atoms with Crippen LogP contribution in [0, 0.1) is 12.8 Å². The lowest BCUT2D eigenvalue weighted by Crippen LogP contribution is -2.23. The van der Waals surface area contributed by atoms with Crippen molar-refractivity contribution >= 4 is 11.3 Å². The van der Waals surface area contributed by atoms with Crippen LogP contribution in [-0.4, -0.2) is 18.3 Å². The summed E-state index contributed by atoms with van der Waals surface area (Å²) in [5, 5.41) is 14.6. The van der Waals surface area contributed by atoms with Crippen molar-refractivity contribution in [2.24, 2.45) is 5.92 Å². The molecule has 0 aliphatic rings. The number of hydrogen-bond donors (Lipinski definition) is 2. The van der Waals surface area contributed by atoms with Gasteiger partial charge in [0.15, 0.2) is 0 Å². The smallest absolute Gasteiger partial charge is 0.0434 e. The Kier molecular flexibility index (Phi) is 6.69. The molecule has 1 heterocycles. The molecule has 0 amide bonds. The summed E-state index contributed by atoms with van der Waals surface area (Å²) in [6.07, 6.45) is 3.33. The Morgan fingerprint density at radius 3 is 2.81 bits per heavy atom. The highest BCUT2D eigenvalue weighted by atomic mass is 32.1. The fourth-order valence-corrected chi connectivity index (χ4v) is 2.79. The van der Waals surface area contributed by atoms with Gasteiger partial charge in [0.1, 0.15) is 0 Å². The van der Waals surface area contributed by atoms with Crippen molar-refractivity contribution in [2.75, 3.05) is 13.2 Å². The van der Waals surface area contributed by atoms with Gasteiger partial charge in [-0.3, -0.25) is 0 Å². The molecule has 0 bridgehead atoms. The first-order valence-electron chi connectivity index (χ1n) is 6.12. The largest absolute Gasteiger partial charge is 0.396 e. The first-order chi connectivity index (χ1) is 7.77. The topological polar surface area (TPSA) is 32.3 Å². The number of nitrogens with one attached hydrogen (secondary N) is 1. The summed E-state index contributed by atoms with van der Waals surface area (Å²) < 4.78 is 0. The standard InChI is InChI=1S/C13H23NOS/c1-3-4-12(5-7-15)9-14-10-13-11(2)6-8-16-13/h6,8,12,14-15H,3-5,7,9-10H2,1-2H3. The highest BCUT2D eigenvalue weighted by molar-refractivity contribution is 7.10. The molecule has 16 heavy (non-hydrogen) atoms. The molecule has 3 heteroatoms. The molecule has 2 N–H and O–H groups in total. The Balaban J connectivity index is 2.24. The van der Waals surface area contributed by atoms with E-state index in [1.54, 1.807) is 0 Å². The molecule has 0 aliphatic heterocycles. The fourth-order valence-electron chi connectivity index (χ4n) is 1.91. The van der Waals surface area contributed by atoms with Crippen LogP contribution in [0.4, 0.5) is 0 Å². The maximum absolute atomic E-state index is 8.97. The molecule has 0 saturated carbocycles. The Morgan fingerprint density at radius 1 is 1.44 bits per heavy atom. The second-order valence-corrected chi connectivity index (χ2v) is 5.33. The Labute approximate surface area is 103 Å². The van der Waals surface area contributed by atoms with E-state index in [1.807, 2.05) is 11.3 Å². The van der Waals surface area contributed by atoms with E-state index >= 15 is 0 Å². The minimum absolute atomic E-state index is 0.310. The molecule has 1 aromatic rings. The van der Waals surface area contributed by atoms with Crippen molar-refractivity contribution in [2.45, 2.75) is 39.7 Å². The number of aryl methyl sites for hydroxylation is 1. The first kappa shape index (κ1) is 13.7. The van der Waals surface area contributed by atoms with Crippen molar-refractivity contribution in [3.8, 4) is 0 Å². The highest BCUT2D eigenvalue weighted by Gasteiger charge is 2.07. The number of hydrogen-bond acceptors (Lipinski definition) is 3. The summed E-state index contributed by atoms with van der Waals surface area (Å²) >= 11 is 1.82. The molecule has 1 unspecified atom stereocenters. The molecule has 0 fully saturated rings. The lowest BCUT2D eigenvalue weighted by atomic mass is 10.0. The first-order valence-corrected chi connectivity index (χ1v) is 7.00. The van der Waals surface area contributed by atoms with E-state index in [1.165, 1.54) is 23.3 Å². The third kappa shape index (κ3) is 4.64. The van der Waals surface area contributed by atoms with Gasteiger partial charge >= 0.3 is 0 Å². The number of aliphatic hydroxyl groups excluding tert-OH is 1. The Morgan fingerprint density at radius 2 is 2.25 bits per heavy atom. The number of aliphatic hydroxyl groups is 1. The average Bonchev–Trinajstić information content (AvgIpc) is 2.65. The molecule has 2 nitrogen and oxygen atoms in total. The number of rotatable bonds is 8. The lowest BCUT2D eigenvalue weighted by Gasteiger charge is -2.15. The van der Waals surface area contributed by atoms with Crippen molar-refractivity contribution < 1.29 is 5.11 Å². The third-order valence-corrected chi connectivity index (χ3v) is 3.94. The molecule has 0 radical (unpaired) electrons. The number of thiophene rings is 1. The van der Waals surface area contributed by atoms with Gasteiger partial charge in [-0.25, -0.2) is 0 Å². The lowest BCUT2D eigenvalue weighted by molar-refractivity contribution is 0.248. The van der Waals surface area contributed by atoms with Crippen LogP contribution in [0.15, 0.2) is 11.4 Å². The summed E-state index contributed by atoms with van der Waals surface area (Å²) in [6.45, 7) is 6.66. The molecule has 0 spiro atoms. The zero-order chi connectivity index (χ0) is 11.8. The minimum atomic E-state index is 0.310. The molecule has 0 aliphatic carbocycles. The van der Waals surface area contributed by atoms with Crippen LogP contribution in [0.2, 0.25) is 0 Å². The molecular formula is C13H23NOS. The van der Waals surface area contributed by atoms with Crippen LogP contribution >= 0.6 is 11.3 Å². The zero-order valence-corrected chi connectivity index (χ0v) is 11.1. The van der Waals surface area contributed by atoms with Crippen molar-refractivity contribution in [1.29, 1.82) is 0 Å². The molecule has 1 rings (SSSR count). The minimum Gasteiger partial charge on any atom is -0.396 e. The van der Waals surface area contributed by atoms with Gasteiger partial charge in [-0.2, -0.15) is 0 Å². The summed E-state index contributed by atoms with van der Waals surface area (Å²) in [6, 6.07) is 2.17. The van der Waals surface area contributed by atoms with Gasteiger partial charge in [0.2, 0.25) is 0 Å². The maximum atomic E-state index is 8.97. The van der Waals surface area contributed by atoms with E-state index in [-0.39, 0.29) is 0 Å². The summed E-state index contributed by atoms with van der Waals surface area (Å²) in [5.41, 5.74) is 1.38. The molecular weight excluding hydrogens is 218 g/mol. The fraction of sp³-hybridized carbons (Fsp3) is 0.692. The van der Waals surface area contributed by atoms with Gasteiger partial charge in [0.25, 0.3) is 0 Å². The average molecular weight is 241 g/mol. The van der Waals surface area contributed by atoms with Crippen molar-refractivity contribution in [3.63, 3.8) is 0 Å². The predicted octanol–water partition coefficient (Wildman–Crippen LogP) is 2.94. The van der Waals surface area contributed by atoms with E-state index in [9.17, 15) is 0 Å². The second-order valence-electron chi connectivity index (χ2n) is 4.32. The molecule has 1 atom stereocenters. The second kappa shape index (κ2) is 7.82. The zero-order valence-electron chi connectivity index (χ0n) is 10.3. The monoisotopic (exact) mass is 241 g/mol. The van der Waals surface area contributed by atoms with Crippen molar-refractivity contribution in [3.05, 3.63) is 21.9 Å².